The average molecular weight is 486 g/mol. The number of nitrogens with zero attached hydrogens (tertiary/aromatic N) is 1. The third kappa shape index (κ3) is 15.2. The van der Waals surface area contributed by atoms with Crippen LogP contribution in [0.1, 0.15) is 61.3 Å². The van der Waals surface area contributed by atoms with Gasteiger partial charge in [-0.3, -0.25) is 16.8 Å². The third-order valence-corrected chi connectivity index (χ3v) is 3.86. The number of carbonyl (C=O) groups is 2. The fraction of sp³-hybridized carbons (Fsp3) is 0.560. The van der Waals surface area contributed by atoms with Gasteiger partial charge in [0.2, 0.25) is 0 Å². The van der Waals surface area contributed by atoms with E-state index in [9.17, 15) is 9.59 Å². The van der Waals surface area contributed by atoms with Crippen LogP contribution in [0.3, 0.4) is 0 Å². The van der Waals surface area contributed by atoms with Crippen LogP contribution in [-0.2, 0) is 9.53 Å². The van der Waals surface area contributed by atoms with Crippen LogP contribution in [0.4, 0.5) is 10.5 Å². The first-order chi connectivity index (χ1) is 15.7. The zero-order valence-electron chi connectivity index (χ0n) is 22.4. The molecule has 0 radical (unpaired) electrons. The number of hydrogen-bond acceptors (Lipinski definition) is 7. The van der Waals surface area contributed by atoms with Gasteiger partial charge in [-0.25, -0.2) is 4.79 Å². The van der Waals surface area contributed by atoms with E-state index in [4.69, 9.17) is 15.4 Å². The summed E-state index contributed by atoms with van der Waals surface area (Å²) in [5.41, 5.74) is 2.94. The van der Waals surface area contributed by atoms with E-state index in [2.05, 4.69) is 17.5 Å². The molecule has 0 aliphatic carbocycles. The molecule has 0 aromatic heterocycles. The van der Waals surface area contributed by atoms with Crippen LogP contribution < -0.4 is 40.4 Å². The van der Waals surface area contributed by atoms with Crippen LogP contribution >= 0.6 is 0 Å². The molecule has 2 rings (SSSR count). The van der Waals surface area contributed by atoms with E-state index in [1.807, 2.05) is 53.9 Å². The van der Waals surface area contributed by atoms with Gasteiger partial charge in [-0.15, -0.1) is 17.8 Å². The van der Waals surface area contributed by atoms with Gasteiger partial charge in [0, 0.05) is 19.1 Å². The second-order valence-electron chi connectivity index (χ2n) is 7.34. The van der Waals surface area contributed by atoms with Crippen molar-refractivity contribution >= 4 is 23.8 Å². The number of nitrogens with one attached hydrogen (secondary N) is 3. The van der Waals surface area contributed by atoms with E-state index >= 15 is 0 Å². The average Bonchev–Trinajstić information content (AvgIpc) is 2.82. The fourth-order valence-corrected chi connectivity index (χ4v) is 2.65. The molecule has 1 amide bonds. The Balaban J connectivity index is -0.000000616. The van der Waals surface area contributed by atoms with Crippen molar-refractivity contribution in [1.82, 2.24) is 10.2 Å². The Labute approximate surface area is 228 Å². The Hall–Kier alpha value is -1.71. The molecule has 0 fully saturated rings. The first kappa shape index (κ1) is 36.9. The predicted molar refractivity (Wildman–Crippen MR) is 134 cm³/mol. The Morgan fingerprint density at radius 2 is 1.82 bits per heavy atom. The van der Waals surface area contributed by atoms with Crippen LogP contribution in [0.25, 0.3) is 0 Å². The topological polar surface area (TPSA) is 115 Å². The van der Waals surface area contributed by atoms with Crippen molar-refractivity contribution in [3.63, 3.8) is 0 Å². The quantitative estimate of drug-likeness (QED) is 0.161. The molecule has 188 valence electrons. The van der Waals surface area contributed by atoms with Crippen LogP contribution in [0, 0.1) is 17.6 Å². The maximum atomic E-state index is 12.3. The van der Waals surface area contributed by atoms with Crippen LogP contribution in [-0.4, -0.2) is 60.0 Å². The Bertz CT molecular complexity index is 707. The molecule has 1 atom stereocenters. The summed E-state index contributed by atoms with van der Waals surface area (Å²) in [6.07, 6.45) is 3.99. The summed E-state index contributed by atoms with van der Waals surface area (Å²) in [5.74, 6) is 0. The van der Waals surface area contributed by atoms with Crippen molar-refractivity contribution in [2.45, 2.75) is 73.0 Å². The third-order valence-electron chi connectivity index (χ3n) is 3.86. The number of hydrogen-bond donors (Lipinski definition) is 4. The molecule has 1 aromatic rings. The number of likely N-dealkylation sites (N-methyl/N-ethyl adjacent to an activating group) is 1. The smallest absolute Gasteiger partial charge is 0.444 e. The second-order valence-corrected chi connectivity index (χ2v) is 7.34. The standard InChI is InChI=1S/C15H24N3O3.C6H6NO.2C2H6.Na/c1-15(2,3)21-14(20)18-8-5-6-11(12(16)7-9-19)13(18)10-17-4;8-7-6-4-2-1-3-5-6;2*1-2;/h9,13,16-17H,5,7-8,10H2,1-4H3;2-5,7-8H;2*1-2H3;/q2*-1;;;+1. The molecule has 4 N–H and O–H groups in total. The molecular formula is C25H42N4NaO4-. The normalized spacial score (nSPS) is 14.1. The largest absolute Gasteiger partial charge is 1.00 e. The monoisotopic (exact) mass is 485 g/mol. The minimum Gasteiger partial charge on any atom is -0.444 e. The number of anilines is 1. The number of rotatable bonds is 6. The molecule has 0 saturated carbocycles. The Morgan fingerprint density at radius 3 is 2.24 bits per heavy atom. The summed E-state index contributed by atoms with van der Waals surface area (Å²) < 4.78 is 5.42. The molecule has 0 bridgehead atoms. The van der Waals surface area contributed by atoms with Crippen molar-refractivity contribution in [2.24, 2.45) is 0 Å². The summed E-state index contributed by atoms with van der Waals surface area (Å²) in [7, 11) is 1.78. The maximum Gasteiger partial charge on any atom is 1.00 e. The minimum absolute atomic E-state index is 0. The molecule has 34 heavy (non-hydrogen) atoms. The van der Waals surface area contributed by atoms with E-state index in [1.54, 1.807) is 36.2 Å². The van der Waals surface area contributed by atoms with E-state index in [-0.39, 0.29) is 47.7 Å². The number of aldehydes is 1. The van der Waals surface area contributed by atoms with E-state index < -0.39 is 11.7 Å². The van der Waals surface area contributed by atoms with Crippen molar-refractivity contribution in [3.8, 4) is 0 Å². The van der Waals surface area contributed by atoms with Crippen LogP contribution in [0.15, 0.2) is 29.8 Å². The van der Waals surface area contributed by atoms with Gasteiger partial charge >= 0.3 is 35.7 Å². The summed E-state index contributed by atoms with van der Waals surface area (Å²) in [6, 6.07) is 9.37. The van der Waals surface area contributed by atoms with E-state index in [0.29, 0.717) is 37.1 Å². The number of benzene rings is 1. The first-order valence-electron chi connectivity index (χ1n) is 11.4. The molecule has 0 saturated heterocycles. The fourth-order valence-electron chi connectivity index (χ4n) is 2.65. The number of ether oxygens (including phenoxy) is 1. The SMILES string of the molecule is CC.CC.CNCC1C(C(=N)CC=O)=[C-]CCN1C(=O)OC(C)(C)C.ONc1cc[c-]cc1.[Na+]. The minimum atomic E-state index is -0.567. The summed E-state index contributed by atoms with van der Waals surface area (Å²) in [6.45, 7) is 14.4. The summed E-state index contributed by atoms with van der Waals surface area (Å²) in [5, 5.41) is 19.3. The number of amides is 1. The Kier molecular flexibility index (Phi) is 23.6. The van der Waals surface area contributed by atoms with Gasteiger partial charge in [-0.2, -0.15) is 23.8 Å². The van der Waals surface area contributed by atoms with Gasteiger partial charge < -0.3 is 25.2 Å². The van der Waals surface area contributed by atoms with Gasteiger partial charge in [0.05, 0.1) is 0 Å². The summed E-state index contributed by atoms with van der Waals surface area (Å²) >= 11 is 0. The zero-order chi connectivity index (χ0) is 25.9. The molecule has 1 unspecified atom stereocenters. The zero-order valence-corrected chi connectivity index (χ0v) is 24.4. The first-order valence-corrected chi connectivity index (χ1v) is 11.4. The van der Waals surface area contributed by atoms with E-state index in [1.165, 1.54) is 0 Å². The van der Waals surface area contributed by atoms with Gasteiger partial charge in [0.1, 0.15) is 11.9 Å². The van der Waals surface area contributed by atoms with Crippen molar-refractivity contribution in [1.29, 1.82) is 5.41 Å². The molecular weight excluding hydrogens is 443 g/mol. The van der Waals surface area contributed by atoms with Gasteiger partial charge in [0.25, 0.3) is 0 Å². The molecule has 1 aromatic carbocycles. The van der Waals surface area contributed by atoms with Crippen molar-refractivity contribution in [2.75, 3.05) is 25.6 Å². The van der Waals surface area contributed by atoms with Crippen LogP contribution in [0.2, 0.25) is 0 Å². The molecule has 9 heteroatoms. The molecule has 1 aliphatic rings. The molecule has 8 nitrogen and oxygen atoms in total. The molecule has 1 aliphatic heterocycles. The molecule has 1 heterocycles. The number of carbonyl (C=O) groups excluding carboxylic acids is 2. The Morgan fingerprint density at radius 1 is 1.26 bits per heavy atom. The predicted octanol–water partition coefficient (Wildman–Crippen LogP) is 1.90. The van der Waals surface area contributed by atoms with Crippen molar-refractivity contribution in [3.05, 3.63) is 42.0 Å². The van der Waals surface area contributed by atoms with Gasteiger partial charge in [0.15, 0.2) is 0 Å². The second kappa shape index (κ2) is 21.8. The maximum absolute atomic E-state index is 12.3. The summed E-state index contributed by atoms with van der Waals surface area (Å²) in [4.78, 5) is 24.5. The van der Waals surface area contributed by atoms with Crippen LogP contribution in [0.5, 0.6) is 0 Å². The van der Waals surface area contributed by atoms with E-state index in [0.717, 1.165) is 0 Å². The van der Waals surface area contributed by atoms with Gasteiger partial charge in [-0.1, -0.05) is 34.1 Å². The van der Waals surface area contributed by atoms with Gasteiger partial charge in [-0.05, 0) is 39.9 Å². The van der Waals surface area contributed by atoms with Crippen molar-refractivity contribution < 1.29 is 49.1 Å². The molecule has 0 spiro atoms.